The summed E-state index contributed by atoms with van der Waals surface area (Å²) in [5.74, 6) is 1.01. The van der Waals surface area contributed by atoms with Gasteiger partial charge in [-0.25, -0.2) is 9.07 Å². The molecule has 0 aliphatic rings. The maximum atomic E-state index is 13.6. The summed E-state index contributed by atoms with van der Waals surface area (Å²) in [4.78, 5) is 12.3. The topological polar surface area (TPSA) is 59.8 Å². The van der Waals surface area contributed by atoms with Crippen LogP contribution in [0.2, 0.25) is 0 Å². The molecule has 1 heterocycles. The van der Waals surface area contributed by atoms with E-state index in [0.29, 0.717) is 30.0 Å². The van der Waals surface area contributed by atoms with E-state index < -0.39 is 0 Å². The monoisotopic (exact) mass is 420 g/mol. The Morgan fingerprint density at radius 3 is 2.60 bits per heavy atom. The van der Waals surface area contributed by atoms with Crippen LogP contribution in [0.4, 0.5) is 4.39 Å². The lowest BCUT2D eigenvalue weighted by atomic mass is 10.1. The number of fused-ring (bicyclic) bond motifs is 1. The maximum absolute atomic E-state index is 13.6. The highest BCUT2D eigenvalue weighted by molar-refractivity contribution is 7.98. The van der Waals surface area contributed by atoms with E-state index >= 15 is 0 Å². The van der Waals surface area contributed by atoms with Crippen LogP contribution in [0.3, 0.4) is 0 Å². The molecule has 3 aromatic carbocycles. The van der Waals surface area contributed by atoms with E-state index in [1.165, 1.54) is 6.07 Å². The number of nitrogens with zero attached hydrogens (tertiary/aromatic N) is 3. The van der Waals surface area contributed by atoms with Crippen LogP contribution in [0, 0.1) is 5.82 Å². The first kappa shape index (κ1) is 20.1. The molecule has 0 unspecified atom stereocenters. The molecule has 4 aromatic rings. The van der Waals surface area contributed by atoms with Crippen molar-refractivity contribution in [3.8, 4) is 0 Å². The van der Waals surface area contributed by atoms with Gasteiger partial charge in [0.1, 0.15) is 11.3 Å². The number of halogens is 1. The van der Waals surface area contributed by atoms with Crippen LogP contribution >= 0.6 is 11.8 Å². The highest BCUT2D eigenvalue weighted by atomic mass is 32.2. The maximum Gasteiger partial charge on any atom is 0.251 e. The van der Waals surface area contributed by atoms with E-state index in [2.05, 4.69) is 15.6 Å². The standard InChI is InChI=1S/C23H21FN4OS/c24-20-6-2-1-5-19(20)16-30-14-13-25-23(29)18-11-9-17(10-12-18)15-28-22-8-4-3-7-21(22)26-27-28/h1-12H,13-16H2,(H,25,29). The molecule has 5 nitrogen and oxygen atoms in total. The van der Waals surface area contributed by atoms with E-state index in [9.17, 15) is 9.18 Å². The van der Waals surface area contributed by atoms with Crippen LogP contribution in [0.25, 0.3) is 11.0 Å². The molecule has 0 aliphatic heterocycles. The van der Waals surface area contributed by atoms with Gasteiger partial charge in [0.2, 0.25) is 0 Å². The highest BCUT2D eigenvalue weighted by Crippen LogP contribution is 2.15. The molecule has 1 amide bonds. The second-order valence-electron chi connectivity index (χ2n) is 6.83. The predicted octanol–water partition coefficient (Wildman–Crippen LogP) is 4.28. The van der Waals surface area contributed by atoms with Crippen molar-refractivity contribution in [1.82, 2.24) is 20.3 Å². The van der Waals surface area contributed by atoms with Crippen LogP contribution in [0.15, 0.2) is 72.8 Å². The lowest BCUT2D eigenvalue weighted by Crippen LogP contribution is -2.25. The molecule has 0 spiro atoms. The zero-order valence-electron chi connectivity index (χ0n) is 16.3. The zero-order chi connectivity index (χ0) is 20.8. The molecule has 1 aromatic heterocycles. The van der Waals surface area contributed by atoms with Gasteiger partial charge in [0, 0.05) is 23.6 Å². The van der Waals surface area contributed by atoms with Crippen LogP contribution in [0.5, 0.6) is 0 Å². The first-order chi connectivity index (χ1) is 14.7. The van der Waals surface area contributed by atoms with Crippen LogP contribution in [-0.2, 0) is 12.3 Å². The minimum absolute atomic E-state index is 0.112. The number of amides is 1. The van der Waals surface area contributed by atoms with Gasteiger partial charge in [0.15, 0.2) is 0 Å². The van der Waals surface area contributed by atoms with Crippen molar-refractivity contribution in [1.29, 1.82) is 0 Å². The summed E-state index contributed by atoms with van der Waals surface area (Å²) in [6.45, 7) is 1.12. The molecule has 4 rings (SSSR count). The van der Waals surface area contributed by atoms with Gasteiger partial charge in [-0.2, -0.15) is 11.8 Å². The van der Waals surface area contributed by atoms with Gasteiger partial charge >= 0.3 is 0 Å². The molecule has 1 N–H and O–H groups in total. The normalized spacial score (nSPS) is 11.0. The Balaban J connectivity index is 1.25. The molecule has 7 heteroatoms. The van der Waals surface area contributed by atoms with Crippen molar-refractivity contribution in [2.75, 3.05) is 12.3 Å². The molecular weight excluding hydrogens is 399 g/mol. The molecule has 0 atom stereocenters. The molecule has 0 saturated heterocycles. The summed E-state index contributed by atoms with van der Waals surface area (Å²) in [5, 5.41) is 11.3. The number of hydrogen-bond acceptors (Lipinski definition) is 4. The third-order valence-electron chi connectivity index (χ3n) is 4.72. The predicted molar refractivity (Wildman–Crippen MR) is 118 cm³/mol. The molecule has 0 aliphatic carbocycles. The van der Waals surface area contributed by atoms with Gasteiger partial charge in [-0.1, -0.05) is 47.7 Å². The van der Waals surface area contributed by atoms with Crippen LogP contribution < -0.4 is 5.32 Å². The smallest absolute Gasteiger partial charge is 0.251 e. The van der Waals surface area contributed by atoms with E-state index in [0.717, 1.165) is 22.3 Å². The number of nitrogens with one attached hydrogen (secondary N) is 1. The molecule has 152 valence electrons. The zero-order valence-corrected chi connectivity index (χ0v) is 17.1. The summed E-state index contributed by atoms with van der Waals surface area (Å²) in [7, 11) is 0. The Kier molecular flexibility index (Phi) is 6.39. The number of hydrogen-bond donors (Lipinski definition) is 1. The molecule has 0 radical (unpaired) electrons. The Bertz CT molecular complexity index is 1140. The van der Waals surface area contributed by atoms with Crippen molar-refractivity contribution in [3.63, 3.8) is 0 Å². The minimum atomic E-state index is -0.187. The summed E-state index contributed by atoms with van der Waals surface area (Å²) < 4.78 is 15.4. The Labute approximate surface area is 178 Å². The molecule has 30 heavy (non-hydrogen) atoms. The third-order valence-corrected chi connectivity index (χ3v) is 5.72. The molecule has 0 bridgehead atoms. The Hall–Kier alpha value is -3.19. The lowest BCUT2D eigenvalue weighted by Gasteiger charge is -2.07. The average molecular weight is 421 g/mol. The molecular formula is C23H21FN4OS. The third kappa shape index (κ3) is 4.86. The fourth-order valence-electron chi connectivity index (χ4n) is 3.10. The number of aromatic nitrogens is 3. The number of benzene rings is 3. The number of para-hydroxylation sites is 1. The summed E-state index contributed by atoms with van der Waals surface area (Å²) in [5.41, 5.74) is 4.18. The quantitative estimate of drug-likeness (QED) is 0.432. The largest absolute Gasteiger partial charge is 0.351 e. The number of carbonyl (C=O) groups is 1. The Morgan fingerprint density at radius 1 is 1.00 bits per heavy atom. The second-order valence-corrected chi connectivity index (χ2v) is 7.94. The summed E-state index contributed by atoms with van der Waals surface area (Å²) >= 11 is 1.59. The molecule has 0 saturated carbocycles. The van der Waals surface area contributed by atoms with Crippen molar-refractivity contribution >= 4 is 28.7 Å². The van der Waals surface area contributed by atoms with Gasteiger partial charge in [-0.05, 0) is 41.5 Å². The summed E-state index contributed by atoms with van der Waals surface area (Å²) in [6.07, 6.45) is 0. The number of thioether (sulfide) groups is 1. The van der Waals surface area contributed by atoms with Gasteiger partial charge in [-0.3, -0.25) is 4.79 Å². The first-order valence-corrected chi connectivity index (χ1v) is 10.8. The van der Waals surface area contributed by atoms with Gasteiger partial charge < -0.3 is 5.32 Å². The number of rotatable bonds is 8. The van der Waals surface area contributed by atoms with Gasteiger partial charge in [0.25, 0.3) is 5.91 Å². The van der Waals surface area contributed by atoms with Gasteiger partial charge in [0.05, 0.1) is 12.1 Å². The van der Waals surface area contributed by atoms with E-state index in [-0.39, 0.29) is 11.7 Å². The second kappa shape index (κ2) is 9.54. The SMILES string of the molecule is O=C(NCCSCc1ccccc1F)c1ccc(Cn2nnc3ccccc32)cc1. The fraction of sp³-hybridized carbons (Fsp3) is 0.174. The summed E-state index contributed by atoms with van der Waals surface area (Å²) in [6, 6.07) is 22.1. The van der Waals surface area contributed by atoms with Crippen LogP contribution in [-0.4, -0.2) is 33.2 Å². The van der Waals surface area contributed by atoms with E-state index in [1.54, 1.807) is 23.9 Å². The Morgan fingerprint density at radius 2 is 1.77 bits per heavy atom. The van der Waals surface area contributed by atoms with Crippen molar-refractivity contribution in [2.24, 2.45) is 0 Å². The van der Waals surface area contributed by atoms with Crippen molar-refractivity contribution < 1.29 is 9.18 Å². The average Bonchev–Trinajstić information content (AvgIpc) is 3.18. The van der Waals surface area contributed by atoms with E-state index in [4.69, 9.17) is 0 Å². The first-order valence-electron chi connectivity index (χ1n) is 9.67. The number of carbonyl (C=O) groups excluding carboxylic acids is 1. The van der Waals surface area contributed by atoms with Gasteiger partial charge in [-0.15, -0.1) is 5.10 Å². The van der Waals surface area contributed by atoms with Crippen molar-refractivity contribution in [3.05, 3.63) is 95.3 Å². The van der Waals surface area contributed by atoms with Crippen molar-refractivity contribution in [2.45, 2.75) is 12.3 Å². The highest BCUT2D eigenvalue weighted by Gasteiger charge is 2.07. The van der Waals surface area contributed by atoms with E-state index in [1.807, 2.05) is 59.3 Å². The minimum Gasteiger partial charge on any atom is -0.351 e. The lowest BCUT2D eigenvalue weighted by molar-refractivity contribution is 0.0956. The molecule has 0 fully saturated rings. The fourth-order valence-corrected chi connectivity index (χ4v) is 3.95. The van der Waals surface area contributed by atoms with Crippen LogP contribution in [0.1, 0.15) is 21.5 Å².